The molecule has 0 aromatic heterocycles. The number of amides is 3. The molecule has 170 valence electrons. The predicted molar refractivity (Wildman–Crippen MR) is 119 cm³/mol. The molecule has 8 nitrogen and oxygen atoms in total. The van der Waals surface area contributed by atoms with E-state index in [1.54, 1.807) is 13.0 Å². The Morgan fingerprint density at radius 1 is 1.03 bits per heavy atom. The van der Waals surface area contributed by atoms with Crippen molar-refractivity contribution in [2.24, 2.45) is 0 Å². The van der Waals surface area contributed by atoms with E-state index in [-0.39, 0.29) is 29.0 Å². The van der Waals surface area contributed by atoms with Crippen LogP contribution in [0.3, 0.4) is 0 Å². The number of hydrogen-bond acceptors (Lipinski definition) is 5. The highest BCUT2D eigenvalue weighted by atomic mass is 32.2. The van der Waals surface area contributed by atoms with Gasteiger partial charge in [0.1, 0.15) is 17.5 Å². The molecule has 2 atom stereocenters. The topological polar surface area (TPSA) is 104 Å². The molecule has 1 N–H and O–H groups in total. The second-order valence-corrected chi connectivity index (χ2v) is 9.64. The molecule has 9 heteroatoms. The van der Waals surface area contributed by atoms with E-state index in [1.807, 2.05) is 44.2 Å². The van der Waals surface area contributed by atoms with Crippen LogP contribution in [-0.4, -0.2) is 54.0 Å². The second-order valence-electron chi connectivity index (χ2n) is 7.81. The number of carbonyl (C=O) groups excluding carboxylic acids is 3. The van der Waals surface area contributed by atoms with Gasteiger partial charge in [0.2, 0.25) is 11.8 Å². The summed E-state index contributed by atoms with van der Waals surface area (Å²) < 4.78 is 26.3. The summed E-state index contributed by atoms with van der Waals surface area (Å²) in [7, 11) is -4.13. The lowest BCUT2D eigenvalue weighted by atomic mass is 10.1. The smallest absolute Gasteiger partial charge is 0.269 e. The molecule has 0 spiro atoms. The lowest BCUT2D eigenvalue weighted by Crippen LogP contribution is -2.52. The zero-order valence-corrected chi connectivity index (χ0v) is 19.1. The first-order valence-corrected chi connectivity index (χ1v) is 11.9. The zero-order valence-electron chi connectivity index (χ0n) is 18.3. The summed E-state index contributed by atoms with van der Waals surface area (Å²) in [5.74, 6) is -1.72. The largest absolute Gasteiger partial charge is 0.352 e. The van der Waals surface area contributed by atoms with Crippen LogP contribution in [0.5, 0.6) is 0 Å². The highest BCUT2D eigenvalue weighted by Gasteiger charge is 2.43. The van der Waals surface area contributed by atoms with E-state index in [4.69, 9.17) is 0 Å². The van der Waals surface area contributed by atoms with Crippen LogP contribution >= 0.6 is 0 Å². The highest BCUT2D eigenvalue weighted by Crippen LogP contribution is 2.30. The number of benzene rings is 2. The van der Waals surface area contributed by atoms with Crippen molar-refractivity contribution < 1.29 is 22.8 Å². The average Bonchev–Trinajstić information content (AvgIpc) is 2.98. The minimum absolute atomic E-state index is 0.0393. The molecule has 0 aliphatic carbocycles. The van der Waals surface area contributed by atoms with E-state index in [2.05, 4.69) is 5.32 Å². The van der Waals surface area contributed by atoms with Crippen molar-refractivity contribution in [3.63, 3.8) is 0 Å². The summed E-state index contributed by atoms with van der Waals surface area (Å²) in [6.45, 7) is 4.81. The third-order valence-corrected chi connectivity index (χ3v) is 7.34. The van der Waals surface area contributed by atoms with Crippen LogP contribution in [0.1, 0.15) is 43.1 Å². The van der Waals surface area contributed by atoms with Gasteiger partial charge >= 0.3 is 0 Å². The van der Waals surface area contributed by atoms with Crippen molar-refractivity contribution in [1.29, 1.82) is 0 Å². The van der Waals surface area contributed by atoms with Gasteiger partial charge in [-0.3, -0.25) is 14.4 Å². The number of nitrogens with zero attached hydrogens (tertiary/aromatic N) is 2. The van der Waals surface area contributed by atoms with Crippen molar-refractivity contribution >= 4 is 27.7 Å². The quantitative estimate of drug-likeness (QED) is 0.654. The third-order valence-electron chi connectivity index (χ3n) is 5.55. The first-order valence-electron chi connectivity index (χ1n) is 10.5. The predicted octanol–water partition coefficient (Wildman–Crippen LogP) is 2.16. The lowest BCUT2D eigenvalue weighted by molar-refractivity contribution is -0.140. The molecule has 0 radical (unpaired) electrons. The summed E-state index contributed by atoms with van der Waals surface area (Å²) in [6.07, 6.45) is 0.726. The van der Waals surface area contributed by atoms with E-state index in [0.29, 0.717) is 4.31 Å². The molecule has 3 rings (SSSR count). The zero-order chi connectivity index (χ0) is 23.5. The Labute approximate surface area is 188 Å². The van der Waals surface area contributed by atoms with E-state index in [0.717, 1.165) is 12.0 Å². The molecule has 1 aliphatic heterocycles. The molecule has 0 fully saturated rings. The average molecular weight is 458 g/mol. The molecule has 0 saturated heterocycles. The first-order chi connectivity index (χ1) is 15.2. The Morgan fingerprint density at radius 2 is 1.66 bits per heavy atom. The molecule has 2 aromatic rings. The standard InChI is InChI=1S/C23H27N3O5S/c1-4-16(2)24-22(28)17(3)25(14-18-10-6-5-7-11-18)21(27)15-26-23(29)19-12-8-9-13-20(19)32(26,30)31/h5-13,16-17H,4,14-15H2,1-3H3,(H,24,28)/t16-,17+/m0/s1. The maximum atomic E-state index is 13.3. The molecule has 1 aliphatic rings. The molecule has 0 bridgehead atoms. The van der Waals surface area contributed by atoms with Crippen LogP contribution in [0.4, 0.5) is 0 Å². The fourth-order valence-electron chi connectivity index (χ4n) is 3.43. The van der Waals surface area contributed by atoms with E-state index < -0.39 is 34.4 Å². The monoisotopic (exact) mass is 457 g/mol. The van der Waals surface area contributed by atoms with Gasteiger partial charge in [0.25, 0.3) is 15.9 Å². The number of carbonyl (C=O) groups is 3. The minimum Gasteiger partial charge on any atom is -0.352 e. The van der Waals surface area contributed by atoms with Crippen LogP contribution in [0.25, 0.3) is 0 Å². The summed E-state index contributed by atoms with van der Waals surface area (Å²) in [5.41, 5.74) is 0.820. The maximum absolute atomic E-state index is 13.3. The van der Waals surface area contributed by atoms with Crippen molar-refractivity contribution in [2.45, 2.75) is 50.7 Å². The van der Waals surface area contributed by atoms with Gasteiger partial charge in [-0.15, -0.1) is 0 Å². The molecule has 2 aromatic carbocycles. The van der Waals surface area contributed by atoms with Gasteiger partial charge < -0.3 is 10.2 Å². The van der Waals surface area contributed by atoms with Crippen molar-refractivity contribution in [2.75, 3.05) is 6.54 Å². The van der Waals surface area contributed by atoms with Crippen LogP contribution in [-0.2, 0) is 26.2 Å². The third kappa shape index (κ3) is 4.67. The van der Waals surface area contributed by atoms with Crippen LogP contribution in [0.2, 0.25) is 0 Å². The van der Waals surface area contributed by atoms with Gasteiger partial charge in [0, 0.05) is 12.6 Å². The molecular formula is C23H27N3O5S. The normalized spacial score (nSPS) is 16.2. The van der Waals surface area contributed by atoms with Crippen LogP contribution in [0.15, 0.2) is 59.5 Å². The lowest BCUT2D eigenvalue weighted by Gasteiger charge is -2.30. The SMILES string of the molecule is CC[C@H](C)NC(=O)[C@@H](C)N(Cc1ccccc1)C(=O)CN1C(=O)c2ccccc2S1(=O)=O. The minimum atomic E-state index is -4.13. The Hall–Kier alpha value is -3.20. The number of fused-ring (bicyclic) bond motifs is 1. The Kier molecular flexibility index (Phi) is 6.98. The van der Waals surface area contributed by atoms with Gasteiger partial charge in [-0.1, -0.05) is 49.4 Å². The van der Waals surface area contributed by atoms with Crippen molar-refractivity contribution in [3.05, 3.63) is 65.7 Å². The molecule has 32 heavy (non-hydrogen) atoms. The van der Waals surface area contributed by atoms with Gasteiger partial charge in [-0.05, 0) is 38.0 Å². The molecule has 1 heterocycles. The summed E-state index contributed by atoms with van der Waals surface area (Å²) >= 11 is 0. The van der Waals surface area contributed by atoms with Gasteiger partial charge in [0.15, 0.2) is 0 Å². The molecular weight excluding hydrogens is 430 g/mol. The second kappa shape index (κ2) is 9.52. The number of rotatable bonds is 8. The number of nitrogens with one attached hydrogen (secondary N) is 1. The van der Waals surface area contributed by atoms with Gasteiger partial charge in [-0.25, -0.2) is 12.7 Å². The van der Waals surface area contributed by atoms with Crippen LogP contribution < -0.4 is 5.32 Å². The number of sulfonamides is 1. The Bertz CT molecular complexity index is 1120. The van der Waals surface area contributed by atoms with E-state index in [1.165, 1.54) is 23.1 Å². The Balaban J connectivity index is 1.87. The number of hydrogen-bond donors (Lipinski definition) is 1. The van der Waals surface area contributed by atoms with Crippen LogP contribution in [0, 0.1) is 0 Å². The maximum Gasteiger partial charge on any atom is 0.269 e. The summed E-state index contributed by atoms with van der Waals surface area (Å²) in [6, 6.07) is 14.0. The van der Waals surface area contributed by atoms with Gasteiger partial charge in [0.05, 0.1) is 5.56 Å². The first kappa shape index (κ1) is 23.5. The molecule has 0 saturated carbocycles. The van der Waals surface area contributed by atoms with Crippen molar-refractivity contribution in [1.82, 2.24) is 14.5 Å². The fraction of sp³-hybridized carbons (Fsp3) is 0.348. The van der Waals surface area contributed by atoms with E-state index in [9.17, 15) is 22.8 Å². The Morgan fingerprint density at radius 3 is 2.28 bits per heavy atom. The molecule has 0 unspecified atom stereocenters. The molecule has 3 amide bonds. The van der Waals surface area contributed by atoms with Crippen molar-refractivity contribution in [3.8, 4) is 0 Å². The fourth-order valence-corrected chi connectivity index (χ4v) is 4.95. The van der Waals surface area contributed by atoms with E-state index >= 15 is 0 Å². The summed E-state index contributed by atoms with van der Waals surface area (Å²) in [4.78, 5) is 39.9. The summed E-state index contributed by atoms with van der Waals surface area (Å²) in [5, 5.41) is 2.85. The van der Waals surface area contributed by atoms with Gasteiger partial charge in [-0.2, -0.15) is 0 Å². The highest BCUT2D eigenvalue weighted by molar-refractivity contribution is 7.90.